The topological polar surface area (TPSA) is 15.3 Å². The maximum atomic E-state index is 3.82. The van der Waals surface area contributed by atoms with Crippen LogP contribution in [0.5, 0.6) is 0 Å². The van der Waals surface area contributed by atoms with Gasteiger partial charge in [0.15, 0.2) is 0 Å². The van der Waals surface area contributed by atoms with Crippen LogP contribution in [-0.2, 0) is 0 Å². The number of para-hydroxylation sites is 2. The van der Waals surface area contributed by atoms with E-state index in [4.69, 9.17) is 0 Å². The Balaban J connectivity index is 2.18. The SMILES string of the molecule is CCN(CCCNc1c(C(C)C)cccc1C(C)C)c1c(C(C)C)cccc1C(C)C. The molecule has 2 aromatic carbocycles. The minimum Gasteiger partial charge on any atom is -0.385 e. The summed E-state index contributed by atoms with van der Waals surface area (Å²) >= 11 is 0. The van der Waals surface area contributed by atoms with Crippen LogP contribution in [0.25, 0.3) is 0 Å². The Labute approximate surface area is 192 Å². The largest absolute Gasteiger partial charge is 0.385 e. The monoisotopic (exact) mass is 422 g/mol. The molecule has 0 radical (unpaired) electrons. The van der Waals surface area contributed by atoms with Crippen LogP contribution in [0.4, 0.5) is 11.4 Å². The van der Waals surface area contributed by atoms with Crippen LogP contribution in [0.15, 0.2) is 36.4 Å². The molecule has 0 saturated heterocycles. The van der Waals surface area contributed by atoms with Crippen LogP contribution >= 0.6 is 0 Å². The van der Waals surface area contributed by atoms with E-state index in [1.54, 1.807) is 0 Å². The fourth-order valence-electron chi connectivity index (χ4n) is 4.54. The fraction of sp³-hybridized carbons (Fsp3) is 0.586. The molecule has 0 amide bonds. The smallest absolute Gasteiger partial charge is 0.0436 e. The van der Waals surface area contributed by atoms with Crippen LogP contribution in [0.3, 0.4) is 0 Å². The van der Waals surface area contributed by atoms with Gasteiger partial charge in [-0.2, -0.15) is 0 Å². The molecule has 31 heavy (non-hydrogen) atoms. The van der Waals surface area contributed by atoms with Crippen molar-refractivity contribution in [1.29, 1.82) is 0 Å². The van der Waals surface area contributed by atoms with E-state index < -0.39 is 0 Å². The molecule has 0 saturated carbocycles. The Morgan fingerprint density at radius 2 is 1.10 bits per heavy atom. The van der Waals surface area contributed by atoms with Crippen molar-refractivity contribution in [3.05, 3.63) is 58.7 Å². The Morgan fingerprint density at radius 1 is 0.677 bits per heavy atom. The summed E-state index contributed by atoms with van der Waals surface area (Å²) in [7, 11) is 0. The molecule has 0 spiro atoms. The number of nitrogens with zero attached hydrogens (tertiary/aromatic N) is 1. The molecule has 0 aliphatic carbocycles. The maximum absolute atomic E-state index is 3.82. The lowest BCUT2D eigenvalue weighted by Gasteiger charge is -2.31. The zero-order chi connectivity index (χ0) is 23.1. The summed E-state index contributed by atoms with van der Waals surface area (Å²) < 4.78 is 0. The van der Waals surface area contributed by atoms with Crippen molar-refractivity contribution in [2.24, 2.45) is 0 Å². The number of rotatable bonds is 11. The molecule has 0 atom stereocenters. The molecule has 0 aromatic heterocycles. The van der Waals surface area contributed by atoms with Crippen molar-refractivity contribution in [2.75, 3.05) is 29.9 Å². The van der Waals surface area contributed by atoms with Gasteiger partial charge in [-0.25, -0.2) is 0 Å². The van der Waals surface area contributed by atoms with Crippen LogP contribution in [-0.4, -0.2) is 19.6 Å². The molecule has 1 N–H and O–H groups in total. The highest BCUT2D eigenvalue weighted by atomic mass is 15.1. The van der Waals surface area contributed by atoms with Crippen LogP contribution in [0, 0.1) is 0 Å². The first-order valence-corrected chi connectivity index (χ1v) is 12.4. The molecule has 0 bridgehead atoms. The number of hydrogen-bond donors (Lipinski definition) is 1. The van der Waals surface area contributed by atoms with E-state index in [0.717, 1.165) is 26.1 Å². The molecule has 0 heterocycles. The highest BCUT2D eigenvalue weighted by Gasteiger charge is 2.18. The van der Waals surface area contributed by atoms with Gasteiger partial charge in [0.25, 0.3) is 0 Å². The van der Waals surface area contributed by atoms with E-state index in [0.29, 0.717) is 23.7 Å². The van der Waals surface area contributed by atoms with Crippen LogP contribution in [0.2, 0.25) is 0 Å². The summed E-state index contributed by atoms with van der Waals surface area (Å²) in [5, 5.41) is 3.82. The van der Waals surface area contributed by atoms with E-state index >= 15 is 0 Å². The zero-order valence-corrected chi connectivity index (χ0v) is 21.5. The Bertz CT molecular complexity index is 765. The third-order valence-electron chi connectivity index (χ3n) is 6.32. The molecule has 0 unspecified atom stereocenters. The van der Waals surface area contributed by atoms with Gasteiger partial charge in [0.1, 0.15) is 0 Å². The maximum Gasteiger partial charge on any atom is 0.0436 e. The van der Waals surface area contributed by atoms with Gasteiger partial charge in [0.2, 0.25) is 0 Å². The van der Waals surface area contributed by atoms with Gasteiger partial charge in [-0.1, -0.05) is 91.8 Å². The molecule has 0 aliphatic heterocycles. The van der Waals surface area contributed by atoms with Gasteiger partial charge >= 0.3 is 0 Å². The fourth-order valence-corrected chi connectivity index (χ4v) is 4.54. The number of anilines is 2. The predicted molar refractivity (Wildman–Crippen MR) is 140 cm³/mol. The molecule has 2 nitrogen and oxygen atoms in total. The summed E-state index contributed by atoms with van der Waals surface area (Å²) in [6.07, 6.45) is 1.13. The Hall–Kier alpha value is -1.96. The van der Waals surface area contributed by atoms with Crippen molar-refractivity contribution in [2.45, 2.75) is 92.4 Å². The summed E-state index contributed by atoms with van der Waals surface area (Å²) in [5.41, 5.74) is 8.67. The van der Waals surface area contributed by atoms with Gasteiger partial charge in [-0.05, 0) is 59.3 Å². The molecule has 172 valence electrons. The van der Waals surface area contributed by atoms with E-state index in [1.165, 1.54) is 33.6 Å². The van der Waals surface area contributed by atoms with Crippen molar-refractivity contribution >= 4 is 11.4 Å². The van der Waals surface area contributed by atoms with Crippen molar-refractivity contribution < 1.29 is 0 Å². The first-order valence-electron chi connectivity index (χ1n) is 12.4. The zero-order valence-electron chi connectivity index (χ0n) is 21.5. The second kappa shape index (κ2) is 11.6. The van der Waals surface area contributed by atoms with E-state index in [2.05, 4.69) is 109 Å². The second-order valence-corrected chi connectivity index (χ2v) is 10.1. The van der Waals surface area contributed by atoms with Gasteiger partial charge in [0.05, 0.1) is 0 Å². The normalized spacial score (nSPS) is 11.8. The van der Waals surface area contributed by atoms with E-state index in [9.17, 15) is 0 Å². The Morgan fingerprint density at radius 3 is 1.48 bits per heavy atom. The second-order valence-electron chi connectivity index (χ2n) is 10.1. The van der Waals surface area contributed by atoms with Crippen molar-refractivity contribution in [3.8, 4) is 0 Å². The van der Waals surface area contributed by atoms with Crippen LogP contribution < -0.4 is 10.2 Å². The third kappa shape index (κ3) is 6.28. The van der Waals surface area contributed by atoms with Crippen LogP contribution in [0.1, 0.15) is 115 Å². The summed E-state index contributed by atoms with van der Waals surface area (Å²) in [5.74, 6) is 2.12. The highest BCUT2D eigenvalue weighted by Crippen LogP contribution is 2.36. The standard InChI is InChI=1S/C29H46N2/c1-10-31(29-26(22(6)7)16-12-17-27(29)23(8)9)19-13-18-30-28-24(20(2)3)14-11-15-25(28)21(4)5/h11-12,14-17,20-23,30H,10,13,18-19H2,1-9H3. The van der Waals surface area contributed by atoms with Gasteiger partial charge in [-0.15, -0.1) is 0 Å². The first kappa shape index (κ1) is 25.3. The molecule has 0 fully saturated rings. The van der Waals surface area contributed by atoms with Gasteiger partial charge in [-0.3, -0.25) is 0 Å². The number of benzene rings is 2. The van der Waals surface area contributed by atoms with E-state index in [1.807, 2.05) is 0 Å². The quantitative estimate of drug-likeness (QED) is 0.365. The molecule has 2 heteroatoms. The number of nitrogens with one attached hydrogen (secondary N) is 1. The molecular formula is C29H46N2. The molecular weight excluding hydrogens is 376 g/mol. The number of hydrogen-bond acceptors (Lipinski definition) is 2. The lowest BCUT2D eigenvalue weighted by Crippen LogP contribution is -2.28. The summed E-state index contributed by atoms with van der Waals surface area (Å²) in [6, 6.07) is 13.7. The molecule has 0 aliphatic rings. The van der Waals surface area contributed by atoms with Crippen molar-refractivity contribution in [3.63, 3.8) is 0 Å². The average molecular weight is 423 g/mol. The highest BCUT2D eigenvalue weighted by molar-refractivity contribution is 5.62. The van der Waals surface area contributed by atoms with E-state index in [-0.39, 0.29) is 0 Å². The summed E-state index contributed by atoms with van der Waals surface area (Å²) in [4.78, 5) is 2.60. The minimum absolute atomic E-state index is 0.528. The first-order chi connectivity index (χ1) is 14.7. The average Bonchev–Trinajstić information content (AvgIpc) is 2.72. The van der Waals surface area contributed by atoms with Gasteiger partial charge < -0.3 is 10.2 Å². The summed E-state index contributed by atoms with van der Waals surface area (Å²) in [6.45, 7) is 23.8. The molecule has 2 rings (SSSR count). The third-order valence-corrected chi connectivity index (χ3v) is 6.32. The lowest BCUT2D eigenvalue weighted by atomic mass is 9.91. The lowest BCUT2D eigenvalue weighted by molar-refractivity contribution is 0.736. The molecule has 2 aromatic rings. The Kier molecular flexibility index (Phi) is 9.47. The van der Waals surface area contributed by atoms with Gasteiger partial charge in [0, 0.05) is 31.0 Å². The predicted octanol–water partition coefficient (Wildman–Crippen LogP) is 8.51. The van der Waals surface area contributed by atoms with Crippen molar-refractivity contribution in [1.82, 2.24) is 0 Å². The minimum atomic E-state index is 0.528.